The Hall–Kier alpha value is -1.35. The Kier molecular flexibility index (Phi) is 3.79. The van der Waals surface area contributed by atoms with Gasteiger partial charge in [-0.2, -0.15) is 0 Å². The minimum Gasteiger partial charge on any atom is -0.319 e. The van der Waals surface area contributed by atoms with E-state index in [9.17, 15) is 4.79 Å². The molecule has 1 aromatic carbocycles. The molecule has 3 heteroatoms. The first-order valence-electron chi connectivity index (χ1n) is 7.76. The number of amides is 1. The monoisotopic (exact) mass is 272 g/mol. The maximum absolute atomic E-state index is 12.3. The summed E-state index contributed by atoms with van der Waals surface area (Å²) in [6.07, 6.45) is 4.86. The number of nitrogens with zero attached hydrogens (tertiary/aromatic N) is 1. The first-order chi connectivity index (χ1) is 9.65. The summed E-state index contributed by atoms with van der Waals surface area (Å²) in [5.74, 6) is 1.07. The first kappa shape index (κ1) is 13.6. The number of hydrogen-bond acceptors (Lipinski definition) is 2. The second-order valence-electron chi connectivity index (χ2n) is 6.41. The van der Waals surface area contributed by atoms with Crippen molar-refractivity contribution >= 4 is 5.91 Å². The predicted molar refractivity (Wildman–Crippen MR) is 80.2 cm³/mol. The SMILES string of the molecule is Cc1cccc(C2NCC(=O)N2C2CCC(C)CC2)c1. The minimum atomic E-state index is 0.0702. The van der Waals surface area contributed by atoms with Crippen molar-refractivity contribution in [3.63, 3.8) is 0 Å². The van der Waals surface area contributed by atoms with E-state index < -0.39 is 0 Å². The zero-order chi connectivity index (χ0) is 14.1. The van der Waals surface area contributed by atoms with E-state index in [1.807, 2.05) is 0 Å². The third-order valence-corrected chi connectivity index (χ3v) is 4.75. The maximum atomic E-state index is 12.3. The van der Waals surface area contributed by atoms with Crippen molar-refractivity contribution in [2.24, 2.45) is 5.92 Å². The van der Waals surface area contributed by atoms with Crippen molar-refractivity contribution in [2.45, 2.75) is 51.7 Å². The Bertz CT molecular complexity index is 492. The van der Waals surface area contributed by atoms with Gasteiger partial charge in [0.15, 0.2) is 0 Å². The molecule has 1 saturated carbocycles. The minimum absolute atomic E-state index is 0.0702. The molecule has 1 unspecified atom stereocenters. The average Bonchev–Trinajstić information content (AvgIpc) is 2.82. The highest BCUT2D eigenvalue weighted by atomic mass is 16.2. The molecule has 3 rings (SSSR count). The van der Waals surface area contributed by atoms with Crippen LogP contribution in [0.5, 0.6) is 0 Å². The number of rotatable bonds is 2. The lowest BCUT2D eigenvalue weighted by molar-refractivity contribution is -0.131. The fourth-order valence-corrected chi connectivity index (χ4v) is 3.57. The molecule has 1 aliphatic carbocycles. The molecule has 0 bridgehead atoms. The highest BCUT2D eigenvalue weighted by molar-refractivity contribution is 5.81. The molecule has 0 radical (unpaired) electrons. The summed E-state index contributed by atoms with van der Waals surface area (Å²) >= 11 is 0. The van der Waals surface area contributed by atoms with Crippen molar-refractivity contribution in [3.05, 3.63) is 35.4 Å². The molecular weight excluding hydrogens is 248 g/mol. The molecule has 1 aliphatic heterocycles. The summed E-state index contributed by atoms with van der Waals surface area (Å²) in [5, 5.41) is 3.38. The van der Waals surface area contributed by atoms with Crippen molar-refractivity contribution in [1.29, 1.82) is 0 Å². The maximum Gasteiger partial charge on any atom is 0.238 e. The van der Waals surface area contributed by atoms with Crippen LogP contribution in [0.3, 0.4) is 0 Å². The van der Waals surface area contributed by atoms with E-state index in [1.54, 1.807) is 0 Å². The van der Waals surface area contributed by atoms with E-state index in [-0.39, 0.29) is 12.1 Å². The molecule has 1 N–H and O–H groups in total. The standard InChI is InChI=1S/C17H24N2O/c1-12-6-8-15(9-7-12)19-16(20)11-18-17(19)14-5-3-4-13(2)10-14/h3-5,10,12,15,17-18H,6-9,11H2,1-2H3. The van der Waals surface area contributed by atoms with E-state index in [0.29, 0.717) is 12.6 Å². The van der Waals surface area contributed by atoms with E-state index in [2.05, 4.69) is 48.3 Å². The van der Waals surface area contributed by atoms with Gasteiger partial charge in [-0.3, -0.25) is 10.1 Å². The van der Waals surface area contributed by atoms with Gasteiger partial charge in [0.25, 0.3) is 0 Å². The van der Waals surface area contributed by atoms with Gasteiger partial charge in [0, 0.05) is 6.04 Å². The van der Waals surface area contributed by atoms with Gasteiger partial charge in [-0.15, -0.1) is 0 Å². The molecule has 20 heavy (non-hydrogen) atoms. The number of nitrogens with one attached hydrogen (secondary N) is 1. The van der Waals surface area contributed by atoms with Gasteiger partial charge >= 0.3 is 0 Å². The van der Waals surface area contributed by atoms with Gasteiger partial charge in [-0.05, 0) is 44.1 Å². The van der Waals surface area contributed by atoms with E-state index >= 15 is 0 Å². The predicted octanol–water partition coefficient (Wildman–Crippen LogP) is 3.00. The molecule has 3 nitrogen and oxygen atoms in total. The van der Waals surface area contributed by atoms with Crippen LogP contribution in [0.2, 0.25) is 0 Å². The summed E-state index contributed by atoms with van der Waals surface area (Å²) in [6.45, 7) is 4.90. The van der Waals surface area contributed by atoms with Gasteiger partial charge in [0.2, 0.25) is 5.91 Å². The fourth-order valence-electron chi connectivity index (χ4n) is 3.57. The molecule has 1 heterocycles. The van der Waals surface area contributed by atoms with Crippen LogP contribution in [-0.4, -0.2) is 23.4 Å². The number of aryl methyl sites for hydroxylation is 1. The Morgan fingerprint density at radius 1 is 1.20 bits per heavy atom. The Morgan fingerprint density at radius 3 is 2.65 bits per heavy atom. The zero-order valence-corrected chi connectivity index (χ0v) is 12.4. The van der Waals surface area contributed by atoms with Crippen LogP contribution in [0.15, 0.2) is 24.3 Å². The largest absolute Gasteiger partial charge is 0.319 e. The number of hydrogen-bond donors (Lipinski definition) is 1. The molecular formula is C17H24N2O. The van der Waals surface area contributed by atoms with Gasteiger partial charge in [-0.25, -0.2) is 0 Å². The van der Waals surface area contributed by atoms with Crippen LogP contribution in [0.25, 0.3) is 0 Å². The molecule has 0 spiro atoms. The summed E-state index contributed by atoms with van der Waals surface area (Å²) in [6, 6.07) is 8.92. The Labute approximate surface area is 121 Å². The van der Waals surface area contributed by atoms with Crippen molar-refractivity contribution < 1.29 is 4.79 Å². The average molecular weight is 272 g/mol. The molecule has 108 valence electrons. The van der Waals surface area contributed by atoms with Crippen molar-refractivity contribution in [1.82, 2.24) is 10.2 Å². The van der Waals surface area contributed by atoms with E-state index in [4.69, 9.17) is 0 Å². The Morgan fingerprint density at radius 2 is 1.95 bits per heavy atom. The molecule has 0 aromatic heterocycles. The number of carbonyl (C=O) groups is 1. The smallest absolute Gasteiger partial charge is 0.238 e. The lowest BCUT2D eigenvalue weighted by Crippen LogP contribution is -2.41. The van der Waals surface area contributed by atoms with Gasteiger partial charge in [0.1, 0.15) is 6.17 Å². The first-order valence-corrected chi connectivity index (χ1v) is 7.76. The van der Waals surface area contributed by atoms with Crippen molar-refractivity contribution in [2.75, 3.05) is 6.54 Å². The summed E-state index contributed by atoms with van der Waals surface area (Å²) < 4.78 is 0. The topological polar surface area (TPSA) is 32.3 Å². The van der Waals surface area contributed by atoms with Gasteiger partial charge in [-0.1, -0.05) is 36.8 Å². The van der Waals surface area contributed by atoms with Crippen LogP contribution in [0.4, 0.5) is 0 Å². The molecule has 1 atom stereocenters. The third-order valence-electron chi connectivity index (χ3n) is 4.75. The van der Waals surface area contributed by atoms with Gasteiger partial charge < -0.3 is 4.90 Å². The molecule has 2 aliphatic rings. The highest BCUT2D eigenvalue weighted by Gasteiger charge is 2.37. The molecule has 1 amide bonds. The Balaban J connectivity index is 1.81. The van der Waals surface area contributed by atoms with Crippen LogP contribution in [0.1, 0.15) is 49.9 Å². The second-order valence-corrected chi connectivity index (χ2v) is 6.41. The summed E-state index contributed by atoms with van der Waals surface area (Å²) in [7, 11) is 0. The van der Waals surface area contributed by atoms with E-state index in [1.165, 1.54) is 24.0 Å². The van der Waals surface area contributed by atoms with Crippen molar-refractivity contribution in [3.8, 4) is 0 Å². The molecule has 1 saturated heterocycles. The van der Waals surface area contributed by atoms with Gasteiger partial charge in [0.05, 0.1) is 6.54 Å². The highest BCUT2D eigenvalue weighted by Crippen LogP contribution is 2.33. The number of carbonyl (C=O) groups excluding carboxylic acids is 1. The quantitative estimate of drug-likeness (QED) is 0.897. The fraction of sp³-hybridized carbons (Fsp3) is 0.588. The summed E-state index contributed by atoms with van der Waals surface area (Å²) in [5.41, 5.74) is 2.47. The lowest BCUT2D eigenvalue weighted by Gasteiger charge is -2.37. The normalized spacial score (nSPS) is 30.8. The van der Waals surface area contributed by atoms with E-state index in [0.717, 1.165) is 18.8 Å². The zero-order valence-electron chi connectivity index (χ0n) is 12.4. The van der Waals surface area contributed by atoms with Crippen LogP contribution in [0, 0.1) is 12.8 Å². The van der Waals surface area contributed by atoms with Crippen LogP contribution >= 0.6 is 0 Å². The molecule has 2 fully saturated rings. The third kappa shape index (κ3) is 2.59. The molecule has 1 aromatic rings. The lowest BCUT2D eigenvalue weighted by atomic mass is 9.86. The second kappa shape index (κ2) is 5.57. The number of benzene rings is 1. The van der Waals surface area contributed by atoms with Crippen LogP contribution < -0.4 is 5.32 Å². The summed E-state index contributed by atoms with van der Waals surface area (Å²) in [4.78, 5) is 14.4. The van der Waals surface area contributed by atoms with Crippen LogP contribution in [-0.2, 0) is 4.79 Å².